The number of anilines is 2. The first-order chi connectivity index (χ1) is 16.5. The fourth-order valence-corrected chi connectivity index (χ4v) is 6.65. The van der Waals surface area contributed by atoms with Gasteiger partial charge in [-0.15, -0.1) is 0 Å². The Kier molecular flexibility index (Phi) is 7.16. The fraction of sp³-hybridized carbons (Fsp3) is 0.565. The van der Waals surface area contributed by atoms with E-state index in [1.54, 1.807) is 30.5 Å². The lowest BCUT2D eigenvalue weighted by Crippen LogP contribution is -2.35. The van der Waals surface area contributed by atoms with Gasteiger partial charge in [-0.05, 0) is 43.4 Å². The molecule has 1 aromatic heterocycles. The van der Waals surface area contributed by atoms with Crippen LogP contribution < -0.4 is 10.2 Å². The molecule has 2 aromatic rings. The van der Waals surface area contributed by atoms with E-state index in [0.717, 1.165) is 18.1 Å². The number of thiazole rings is 1. The van der Waals surface area contributed by atoms with E-state index in [1.807, 2.05) is 0 Å². The zero-order valence-electron chi connectivity index (χ0n) is 18.9. The Morgan fingerprint density at radius 3 is 2.41 bits per heavy atom. The molecule has 1 amide bonds. The predicted molar refractivity (Wildman–Crippen MR) is 128 cm³/mol. The number of amides is 1. The number of sulfone groups is 1. The number of rotatable bonds is 8. The van der Waals surface area contributed by atoms with E-state index >= 15 is 0 Å². The number of hydrogen-bond donors (Lipinski definition) is 1. The van der Waals surface area contributed by atoms with Crippen LogP contribution in [0.1, 0.15) is 37.4 Å². The Balaban J connectivity index is 1.33. The highest BCUT2D eigenvalue weighted by Crippen LogP contribution is 2.35. The molecule has 1 aliphatic carbocycles. The third-order valence-corrected chi connectivity index (χ3v) is 9.51. The minimum atomic E-state index is -3.29. The number of nitrogens with zero attached hydrogens (tertiary/aromatic N) is 2. The highest BCUT2D eigenvalue weighted by molar-refractivity contribution is 7.92. The van der Waals surface area contributed by atoms with E-state index in [-0.39, 0.29) is 17.3 Å². The van der Waals surface area contributed by atoms with Gasteiger partial charge in [-0.1, -0.05) is 23.5 Å². The first kappa shape index (κ1) is 23.7. The maximum Gasteiger partial charge on any atom is 0.259 e. The van der Waals surface area contributed by atoms with E-state index in [1.165, 1.54) is 11.3 Å². The molecule has 2 aliphatic heterocycles. The number of ether oxygens (including phenoxy) is 3. The SMILES string of the molecule is O=C(Nc1ncc(N2CCOCC2)s1)C(OC1CCOCC1)c1ccc(S(=O)(=O)C2CC2)cc1. The molecule has 2 saturated heterocycles. The molecular weight excluding hydrogens is 478 g/mol. The summed E-state index contributed by atoms with van der Waals surface area (Å²) in [5, 5.41) is 4.10. The van der Waals surface area contributed by atoms with Crippen LogP contribution in [0.2, 0.25) is 0 Å². The maximum atomic E-state index is 13.3. The summed E-state index contributed by atoms with van der Waals surface area (Å²) in [7, 11) is -3.29. The summed E-state index contributed by atoms with van der Waals surface area (Å²) in [5.41, 5.74) is 0.615. The molecule has 1 unspecified atom stereocenters. The van der Waals surface area contributed by atoms with Crippen LogP contribution in [0.25, 0.3) is 0 Å². The van der Waals surface area contributed by atoms with Crippen molar-refractivity contribution in [2.24, 2.45) is 0 Å². The first-order valence-electron chi connectivity index (χ1n) is 11.7. The molecule has 34 heavy (non-hydrogen) atoms. The van der Waals surface area contributed by atoms with Crippen LogP contribution in [0.5, 0.6) is 0 Å². The monoisotopic (exact) mass is 507 g/mol. The van der Waals surface area contributed by atoms with Crippen LogP contribution in [0, 0.1) is 0 Å². The van der Waals surface area contributed by atoms with Crippen molar-refractivity contribution in [1.82, 2.24) is 4.98 Å². The molecule has 1 saturated carbocycles. The maximum absolute atomic E-state index is 13.3. The zero-order valence-corrected chi connectivity index (χ0v) is 20.5. The van der Waals surface area contributed by atoms with Crippen LogP contribution in [0.4, 0.5) is 10.1 Å². The van der Waals surface area contributed by atoms with Crippen LogP contribution in [0.15, 0.2) is 35.4 Å². The molecule has 3 fully saturated rings. The second-order valence-electron chi connectivity index (χ2n) is 8.73. The number of aromatic nitrogens is 1. The average molecular weight is 508 g/mol. The van der Waals surface area contributed by atoms with Gasteiger partial charge in [0.05, 0.1) is 35.7 Å². The molecule has 1 atom stereocenters. The second-order valence-corrected chi connectivity index (χ2v) is 12.0. The number of carbonyl (C=O) groups is 1. The fourth-order valence-electron chi connectivity index (χ4n) is 4.12. The summed E-state index contributed by atoms with van der Waals surface area (Å²) >= 11 is 1.41. The Bertz CT molecular complexity index is 1090. The van der Waals surface area contributed by atoms with Gasteiger partial charge in [0, 0.05) is 26.3 Å². The van der Waals surface area contributed by atoms with Crippen molar-refractivity contribution in [3.05, 3.63) is 36.0 Å². The Hall–Kier alpha value is -2.05. The molecule has 0 bridgehead atoms. The topological polar surface area (TPSA) is 107 Å². The Morgan fingerprint density at radius 1 is 1.06 bits per heavy atom. The molecule has 11 heteroatoms. The van der Waals surface area contributed by atoms with Crippen molar-refractivity contribution < 1.29 is 27.4 Å². The summed E-state index contributed by atoms with van der Waals surface area (Å²) in [6.07, 6.45) is 3.60. The minimum absolute atomic E-state index is 0.112. The van der Waals surface area contributed by atoms with Crippen molar-refractivity contribution in [2.75, 3.05) is 49.7 Å². The summed E-state index contributed by atoms with van der Waals surface area (Å²) < 4.78 is 42.2. The minimum Gasteiger partial charge on any atom is -0.381 e. The van der Waals surface area contributed by atoms with Crippen molar-refractivity contribution >= 4 is 37.2 Å². The Morgan fingerprint density at radius 2 is 1.74 bits per heavy atom. The van der Waals surface area contributed by atoms with Crippen molar-refractivity contribution in [3.8, 4) is 0 Å². The number of morpholine rings is 1. The quantitative estimate of drug-likeness (QED) is 0.581. The standard InChI is InChI=1S/C23H29N3O6S2/c27-22(25-23-24-15-20(33-23)26-9-13-31-14-10-26)21(32-17-7-11-30-12-8-17)16-1-3-18(4-2-16)34(28,29)19-5-6-19/h1-4,15,17,19,21H,5-14H2,(H,24,25,27). The van der Waals surface area contributed by atoms with Crippen LogP contribution in [-0.2, 0) is 28.8 Å². The van der Waals surface area contributed by atoms with Gasteiger partial charge in [0.2, 0.25) is 0 Å². The van der Waals surface area contributed by atoms with Gasteiger partial charge in [0.1, 0.15) is 5.00 Å². The summed E-state index contributed by atoms with van der Waals surface area (Å²) in [5.74, 6) is -0.327. The lowest BCUT2D eigenvalue weighted by Gasteiger charge is -2.27. The molecule has 0 spiro atoms. The van der Waals surface area contributed by atoms with E-state index in [0.29, 0.717) is 67.7 Å². The highest BCUT2D eigenvalue weighted by atomic mass is 32.2. The largest absolute Gasteiger partial charge is 0.381 e. The van der Waals surface area contributed by atoms with E-state index in [2.05, 4.69) is 15.2 Å². The third-order valence-electron chi connectivity index (χ3n) is 6.26. The number of nitrogens with one attached hydrogen (secondary N) is 1. The van der Waals surface area contributed by atoms with Gasteiger partial charge < -0.3 is 19.1 Å². The third kappa shape index (κ3) is 5.44. The molecule has 3 heterocycles. The smallest absolute Gasteiger partial charge is 0.259 e. The van der Waals surface area contributed by atoms with Crippen molar-refractivity contribution in [3.63, 3.8) is 0 Å². The van der Waals surface area contributed by atoms with Crippen molar-refractivity contribution in [2.45, 2.75) is 48.0 Å². The molecule has 5 rings (SSSR count). The van der Waals surface area contributed by atoms with E-state index in [9.17, 15) is 13.2 Å². The molecule has 9 nitrogen and oxygen atoms in total. The van der Waals surface area contributed by atoms with Crippen LogP contribution >= 0.6 is 11.3 Å². The first-order valence-corrected chi connectivity index (χ1v) is 14.0. The normalized spacial score (nSPS) is 20.8. The van der Waals surface area contributed by atoms with Crippen LogP contribution in [0.3, 0.4) is 0 Å². The molecule has 3 aliphatic rings. The second kappa shape index (κ2) is 10.3. The lowest BCUT2D eigenvalue weighted by atomic mass is 10.1. The highest BCUT2D eigenvalue weighted by Gasteiger charge is 2.37. The average Bonchev–Trinajstić information content (AvgIpc) is 3.64. The van der Waals surface area contributed by atoms with Gasteiger partial charge in [-0.3, -0.25) is 10.1 Å². The summed E-state index contributed by atoms with van der Waals surface area (Å²) in [6, 6.07) is 6.52. The van der Waals surface area contributed by atoms with Gasteiger partial charge in [0.25, 0.3) is 5.91 Å². The van der Waals surface area contributed by atoms with E-state index < -0.39 is 15.9 Å². The summed E-state index contributed by atoms with van der Waals surface area (Å²) in [4.78, 5) is 20.2. The molecular formula is C23H29N3O6S2. The lowest BCUT2D eigenvalue weighted by molar-refractivity contribution is -0.136. The van der Waals surface area contributed by atoms with Gasteiger partial charge >= 0.3 is 0 Å². The number of carbonyl (C=O) groups excluding carboxylic acids is 1. The zero-order chi connectivity index (χ0) is 23.5. The van der Waals surface area contributed by atoms with Gasteiger partial charge in [-0.2, -0.15) is 0 Å². The van der Waals surface area contributed by atoms with E-state index in [4.69, 9.17) is 14.2 Å². The molecule has 184 valence electrons. The van der Waals surface area contributed by atoms with Gasteiger partial charge in [0.15, 0.2) is 21.1 Å². The number of benzene rings is 1. The Labute approximate surface area is 203 Å². The van der Waals surface area contributed by atoms with Gasteiger partial charge in [-0.25, -0.2) is 13.4 Å². The predicted octanol–water partition coefficient (Wildman–Crippen LogP) is 2.79. The molecule has 0 radical (unpaired) electrons. The summed E-state index contributed by atoms with van der Waals surface area (Å²) in [6.45, 7) is 4.11. The van der Waals surface area contributed by atoms with Crippen molar-refractivity contribution in [1.29, 1.82) is 0 Å². The molecule has 1 aromatic carbocycles. The van der Waals surface area contributed by atoms with Crippen LogP contribution in [-0.4, -0.2) is 70.2 Å². The molecule has 1 N–H and O–H groups in total. The number of hydrogen-bond acceptors (Lipinski definition) is 9.